The van der Waals surface area contributed by atoms with Crippen LogP contribution in [0.25, 0.3) is 0 Å². The number of nitrogens with two attached hydrogens (primary N) is 1. The average Bonchev–Trinajstić information content (AvgIpc) is 0.788. The maximum atomic E-state index is 14.0. The number of carbonyl (C=O) groups is 10. The second kappa shape index (κ2) is 53.5. The Balaban J connectivity index is 0.831. The number of unbranched alkanes of at least 4 members (excludes halogenated alkanes) is 12. The van der Waals surface area contributed by atoms with E-state index in [9.17, 15) is 93.9 Å². The largest absolute Gasteiger partial charge is 0.396 e. The summed E-state index contributed by atoms with van der Waals surface area (Å²) in [5.41, 5.74) is -4.45. The first-order valence-corrected chi connectivity index (χ1v) is 44.0. The first-order valence-electron chi connectivity index (χ1n) is 44.0. The molecular weight excluding hydrogens is 1600 g/mol. The van der Waals surface area contributed by atoms with E-state index in [1.807, 2.05) is 0 Å². The SMILES string of the molecule is CC(=O)NC1C(O)[C@@H](O)C(CO)O[C@H]1OCCCCC(=O)NCCCNC(=O)CCOCC(COCCCNCCCNC(=O)CCCCO[C@@H]1OC2C3(CO)C(C(O)[C@H]3O)C21NC(C)=O)(COCCC(=O)NCCCNC(=O)CCCCO[C@@H]1OC2C3C(CO)[C@H](O)C(O)C3C21NC(C)=O)NC(=O)CCCCCCCCCCCCNC(=O)CON. The maximum absolute atomic E-state index is 14.0. The number of nitrogens with one attached hydrogen (secondary N) is 11. The van der Waals surface area contributed by atoms with Crippen LogP contribution in [0.15, 0.2) is 0 Å². The summed E-state index contributed by atoms with van der Waals surface area (Å²) < 4.78 is 53.7. The van der Waals surface area contributed by atoms with Crippen LogP contribution < -0.4 is 64.4 Å². The zero-order chi connectivity index (χ0) is 88.7. The Morgan fingerprint density at radius 2 is 0.869 bits per heavy atom. The van der Waals surface area contributed by atoms with Crippen LogP contribution in [0.4, 0.5) is 0 Å². The number of hydrogen-bond acceptors (Lipinski definition) is 31. The number of hydrogen-bond donors (Lipinski definition) is 21. The first kappa shape index (κ1) is 103. The van der Waals surface area contributed by atoms with E-state index in [0.717, 1.165) is 57.8 Å². The molecule has 7 fully saturated rings. The van der Waals surface area contributed by atoms with Crippen LogP contribution in [0.2, 0.25) is 0 Å². The van der Waals surface area contributed by atoms with Gasteiger partial charge >= 0.3 is 0 Å². The van der Waals surface area contributed by atoms with Gasteiger partial charge < -0.3 is 147 Å². The quantitative estimate of drug-likeness (QED) is 0.0201. The topological polar surface area (TPSA) is 603 Å². The fraction of sp³-hybridized carbons (Fsp3) is 0.877. The molecule has 4 saturated carbocycles. The highest BCUT2D eigenvalue weighted by Crippen LogP contribution is 2.73. The van der Waals surface area contributed by atoms with Gasteiger partial charge in [-0.1, -0.05) is 51.4 Å². The fourth-order valence-electron chi connectivity index (χ4n) is 17.9. The Kier molecular flexibility index (Phi) is 45.1. The Morgan fingerprint density at radius 1 is 0.418 bits per heavy atom. The number of aliphatic hydroxyl groups excluding tert-OH is 9. The number of ether oxygens (including phenoxy) is 9. The number of carbonyl (C=O) groups excluding carboxylic acids is 10. The van der Waals surface area contributed by atoms with Crippen molar-refractivity contribution in [3.63, 3.8) is 0 Å². The summed E-state index contributed by atoms with van der Waals surface area (Å²) in [6.45, 7) is 5.87. The van der Waals surface area contributed by atoms with Crippen molar-refractivity contribution >= 4 is 59.1 Å². The van der Waals surface area contributed by atoms with Gasteiger partial charge in [-0.05, 0) is 90.1 Å². The molecular formula is C81H142N12O29. The summed E-state index contributed by atoms with van der Waals surface area (Å²) in [7, 11) is 0. The second-order valence-corrected chi connectivity index (χ2v) is 33.3. The lowest BCUT2D eigenvalue weighted by Gasteiger charge is -2.82. The van der Waals surface area contributed by atoms with Crippen LogP contribution in [-0.2, 0) is 95.4 Å². The zero-order valence-electron chi connectivity index (χ0n) is 71.3. The van der Waals surface area contributed by atoms with Crippen molar-refractivity contribution in [2.24, 2.45) is 35.0 Å². The lowest BCUT2D eigenvalue weighted by Crippen LogP contribution is -3.01. The van der Waals surface area contributed by atoms with Gasteiger partial charge in [-0.2, -0.15) is 0 Å². The van der Waals surface area contributed by atoms with Crippen LogP contribution in [-0.4, -0.2) is 340 Å². The molecule has 4 aliphatic carbocycles. The Morgan fingerprint density at radius 3 is 1.38 bits per heavy atom. The molecule has 3 saturated heterocycles. The monoisotopic (exact) mass is 1750 g/mol. The van der Waals surface area contributed by atoms with E-state index in [-0.39, 0.29) is 196 Å². The van der Waals surface area contributed by atoms with Crippen LogP contribution >= 0.6 is 0 Å². The van der Waals surface area contributed by atoms with E-state index in [1.54, 1.807) is 0 Å². The first-order chi connectivity index (χ1) is 58.7. The molecule has 41 heteroatoms. The molecule has 7 rings (SSSR count). The average molecular weight is 1750 g/mol. The van der Waals surface area contributed by atoms with Gasteiger partial charge in [0.25, 0.3) is 0 Å². The standard InChI is InChI=1S/C81H142N12O29/c1-51(97)90-65-69(110)67(108)55(45-95)120-74(65)116-39-17-13-24-57(101)85-34-21-36-87-59(103)28-42-114-49-78(93-61(105)27-12-10-8-6-4-5-7-9-11-16-32-89-62(106)46-119-82,48-113-38-23-31-83-30-20-33-84-56(100)25-15-19-41-118-77-81(92-53(3)99)71-70(111)72(112)79(71,47-96)75(81)122-77)50-115-43-29-60(104)88-37-22-35-86-58(102)26-14-18-40-117-76-80(91-52(2)98)64-63(73(80)121-76)54(44-94)66(107)68(64)109/h54-55,63-77,83,94-96,107-112H,4-50,82H2,1-3H3,(H,84,100)(H,85,101)(H,86,102)(H,87,103)(H,88,104)(H,89,106)(H,90,97)(H,91,98)(H,92,99)(H,93,105)/t54?,55?,63?,64?,65?,66-,67-,68?,69?,70?,71?,72+,73?,74+,75?,76+,77+,78?,79?,80?,81?/m0/s1. The van der Waals surface area contributed by atoms with Crippen LogP contribution in [0.3, 0.4) is 0 Å². The summed E-state index contributed by atoms with van der Waals surface area (Å²) in [6, 6.07) is -1.09. The van der Waals surface area contributed by atoms with Crippen LogP contribution in [0, 0.1) is 29.1 Å². The molecule has 0 spiro atoms. The van der Waals surface area contributed by atoms with Gasteiger partial charge in [0.2, 0.25) is 59.1 Å². The summed E-state index contributed by atoms with van der Waals surface area (Å²) in [6.07, 6.45) is 2.13. The molecule has 21 atom stereocenters. The van der Waals surface area contributed by atoms with Gasteiger partial charge in [0, 0.05) is 155 Å². The number of fused-ring (bicyclic) bond motifs is 8. The van der Waals surface area contributed by atoms with Gasteiger partial charge in [-0.25, -0.2) is 5.90 Å². The predicted octanol–water partition coefficient (Wildman–Crippen LogP) is -4.66. The van der Waals surface area contributed by atoms with E-state index >= 15 is 0 Å². The molecule has 0 aromatic rings. The molecule has 0 radical (unpaired) electrons. The maximum Gasteiger partial charge on any atom is 0.248 e. The lowest BCUT2D eigenvalue weighted by molar-refractivity contribution is -0.496. The van der Waals surface area contributed by atoms with Crippen molar-refractivity contribution in [1.82, 2.24) is 58.5 Å². The third-order valence-corrected chi connectivity index (χ3v) is 24.1. The minimum atomic E-state index is -1.45. The van der Waals surface area contributed by atoms with Crippen molar-refractivity contribution < 1.29 is 141 Å². The molecule has 10 amide bonds. The summed E-state index contributed by atoms with van der Waals surface area (Å²) >= 11 is 0. The minimum Gasteiger partial charge on any atom is -0.396 e. The number of amides is 10. The molecule has 41 nitrogen and oxygen atoms in total. The van der Waals surface area contributed by atoms with Gasteiger partial charge in [-0.15, -0.1) is 0 Å². The van der Waals surface area contributed by atoms with Crippen molar-refractivity contribution in [2.45, 2.75) is 284 Å². The Labute approximate surface area is 713 Å². The van der Waals surface area contributed by atoms with Crippen molar-refractivity contribution in [1.29, 1.82) is 0 Å². The Bertz CT molecular complexity index is 3220. The lowest BCUT2D eigenvalue weighted by atomic mass is 9.32. The predicted molar refractivity (Wildman–Crippen MR) is 433 cm³/mol. The molecule has 700 valence electrons. The molecule has 22 N–H and O–H groups in total. The van der Waals surface area contributed by atoms with E-state index in [0.29, 0.717) is 96.8 Å². The van der Waals surface area contributed by atoms with E-state index in [1.165, 1.54) is 20.8 Å². The third-order valence-electron chi connectivity index (χ3n) is 24.1. The highest BCUT2D eigenvalue weighted by Gasteiger charge is 2.91. The Hall–Kier alpha value is -6.14. The van der Waals surface area contributed by atoms with Crippen molar-refractivity contribution in [3.8, 4) is 0 Å². The smallest absolute Gasteiger partial charge is 0.248 e. The molecule has 0 aromatic carbocycles. The second-order valence-electron chi connectivity index (χ2n) is 33.3. The zero-order valence-corrected chi connectivity index (χ0v) is 71.3. The molecule has 3 aliphatic heterocycles. The molecule has 0 bridgehead atoms. The normalized spacial score (nSPS) is 29.2. The number of rotatable bonds is 68. The highest BCUT2D eigenvalue weighted by molar-refractivity contribution is 5.79. The fourth-order valence-corrected chi connectivity index (χ4v) is 17.9. The molecule has 3 heterocycles. The van der Waals surface area contributed by atoms with E-state index < -0.39 is 139 Å². The summed E-state index contributed by atoms with van der Waals surface area (Å²) in [5, 5.41) is 125. The van der Waals surface area contributed by atoms with E-state index in [4.69, 9.17) is 48.5 Å². The van der Waals surface area contributed by atoms with Crippen LogP contribution in [0.1, 0.15) is 188 Å². The van der Waals surface area contributed by atoms with Gasteiger partial charge in [0.05, 0.1) is 82.2 Å². The minimum absolute atomic E-state index is 0.0500. The van der Waals surface area contributed by atoms with Crippen molar-refractivity contribution in [3.05, 3.63) is 0 Å². The van der Waals surface area contributed by atoms with Gasteiger partial charge in [0.15, 0.2) is 18.9 Å². The number of aliphatic hydroxyl groups is 9. The van der Waals surface area contributed by atoms with Gasteiger partial charge in [-0.3, -0.25) is 52.8 Å². The summed E-state index contributed by atoms with van der Waals surface area (Å²) in [5.74, 6) is -0.0882. The molecule has 122 heavy (non-hydrogen) atoms. The highest BCUT2D eigenvalue weighted by atomic mass is 16.7. The molecule has 15 unspecified atom stereocenters. The van der Waals surface area contributed by atoms with Crippen molar-refractivity contribution in [2.75, 3.05) is 138 Å². The molecule has 7 aliphatic rings. The van der Waals surface area contributed by atoms with E-state index in [2.05, 4.69) is 63.3 Å². The van der Waals surface area contributed by atoms with Gasteiger partial charge in [0.1, 0.15) is 53.7 Å². The summed E-state index contributed by atoms with van der Waals surface area (Å²) in [4.78, 5) is 131. The van der Waals surface area contributed by atoms with Crippen LogP contribution in [0.5, 0.6) is 0 Å². The third kappa shape index (κ3) is 29.2. The molecule has 0 aromatic heterocycles.